The lowest BCUT2D eigenvalue weighted by molar-refractivity contribution is 0.857. The molecule has 2 heterocycles. The third-order valence-corrected chi connectivity index (χ3v) is 4.33. The Morgan fingerprint density at radius 2 is 2.24 bits per heavy atom. The molecule has 0 aromatic carbocycles. The molecule has 1 fully saturated rings. The van der Waals surface area contributed by atoms with Gasteiger partial charge < -0.3 is 10.6 Å². The van der Waals surface area contributed by atoms with Gasteiger partial charge in [0.15, 0.2) is 10.9 Å². The summed E-state index contributed by atoms with van der Waals surface area (Å²) in [6, 6.07) is 5.72. The van der Waals surface area contributed by atoms with Gasteiger partial charge >= 0.3 is 0 Å². The Kier molecular flexibility index (Phi) is 4.32. The van der Waals surface area contributed by atoms with Gasteiger partial charge in [-0.05, 0) is 52.8 Å². The van der Waals surface area contributed by atoms with Crippen LogP contribution in [0, 0.1) is 0 Å². The predicted molar refractivity (Wildman–Crippen MR) is 89.5 cm³/mol. The zero-order valence-electron chi connectivity index (χ0n) is 10.8. The number of rotatable bonds is 3. The number of anilines is 1. The molecule has 0 amide bonds. The quantitative estimate of drug-likeness (QED) is 0.793. The number of aromatic nitrogens is 3. The van der Waals surface area contributed by atoms with E-state index in [2.05, 4.69) is 41.7 Å². The van der Waals surface area contributed by atoms with Crippen molar-refractivity contribution in [2.45, 2.75) is 18.4 Å². The zero-order valence-corrected chi connectivity index (χ0v) is 13.9. The minimum absolute atomic E-state index is 0.243. The van der Waals surface area contributed by atoms with Crippen LogP contribution in [0.5, 0.6) is 0 Å². The van der Waals surface area contributed by atoms with E-state index in [1.807, 2.05) is 12.1 Å². The lowest BCUT2D eigenvalue weighted by atomic mass is 10.2. The first kappa shape index (κ1) is 14.6. The molecule has 1 aliphatic carbocycles. The third kappa shape index (κ3) is 3.48. The highest BCUT2D eigenvalue weighted by Crippen LogP contribution is 2.42. The first-order valence-corrected chi connectivity index (χ1v) is 7.88. The largest absolute Gasteiger partial charge is 0.359 e. The molecule has 5 nitrogen and oxygen atoms in total. The van der Waals surface area contributed by atoms with Crippen LogP contribution in [-0.4, -0.2) is 26.3 Å². The molecule has 0 saturated heterocycles. The van der Waals surface area contributed by atoms with Crippen LogP contribution in [0.4, 0.5) is 5.82 Å². The average molecular weight is 385 g/mol. The molecule has 1 saturated carbocycles. The molecular weight excluding hydrogens is 374 g/mol. The molecule has 2 aromatic heterocycles. The van der Waals surface area contributed by atoms with Crippen molar-refractivity contribution in [3.8, 4) is 0 Å². The van der Waals surface area contributed by atoms with Crippen molar-refractivity contribution in [2.24, 2.45) is 0 Å². The molecule has 3 rings (SSSR count). The van der Waals surface area contributed by atoms with E-state index in [4.69, 9.17) is 23.8 Å². The van der Waals surface area contributed by atoms with Crippen LogP contribution in [0.15, 0.2) is 35.1 Å². The van der Waals surface area contributed by atoms with E-state index in [0.717, 1.165) is 16.6 Å². The van der Waals surface area contributed by atoms with Gasteiger partial charge in [0.05, 0.1) is 21.4 Å². The molecule has 2 N–H and O–H groups in total. The summed E-state index contributed by atoms with van der Waals surface area (Å²) in [6.45, 7) is 0. The summed E-state index contributed by atoms with van der Waals surface area (Å²) in [5.41, 5.74) is 0.917. The van der Waals surface area contributed by atoms with E-state index in [-0.39, 0.29) is 6.04 Å². The summed E-state index contributed by atoms with van der Waals surface area (Å²) in [4.78, 5) is 4.33. The fourth-order valence-electron chi connectivity index (χ4n) is 2.04. The van der Waals surface area contributed by atoms with Crippen molar-refractivity contribution >= 4 is 50.7 Å². The lowest BCUT2D eigenvalue weighted by Crippen LogP contribution is -2.31. The molecule has 0 radical (unpaired) electrons. The van der Waals surface area contributed by atoms with Crippen molar-refractivity contribution in [1.29, 1.82) is 0 Å². The predicted octanol–water partition coefficient (Wildman–Crippen LogP) is 3.13. The second-order valence-corrected chi connectivity index (χ2v) is 6.32. The summed E-state index contributed by atoms with van der Waals surface area (Å²) >= 11 is 14.8. The first-order chi connectivity index (χ1) is 10.1. The van der Waals surface area contributed by atoms with Crippen molar-refractivity contribution in [1.82, 2.24) is 20.5 Å². The normalized spacial score (nSPS) is 19.9. The fourth-order valence-corrected chi connectivity index (χ4v) is 2.85. The SMILES string of the molecule is S=C(Nc1nnccc1Br)NC1CC1c1ncccc1Cl. The van der Waals surface area contributed by atoms with E-state index in [0.29, 0.717) is 21.9 Å². The minimum atomic E-state index is 0.243. The molecule has 21 heavy (non-hydrogen) atoms. The van der Waals surface area contributed by atoms with Gasteiger partial charge in [0.1, 0.15) is 0 Å². The standard InChI is InChI=1S/C13H11BrClN5S/c14-8-3-5-17-20-12(8)19-13(21)18-10-6-7(10)11-9(15)2-1-4-16-11/h1-5,7,10H,6H2,(H2,18,19,20,21). The molecule has 2 atom stereocenters. The van der Waals surface area contributed by atoms with Gasteiger partial charge in [0.2, 0.25) is 0 Å². The number of nitrogens with zero attached hydrogens (tertiary/aromatic N) is 3. The fraction of sp³-hybridized carbons (Fsp3) is 0.231. The number of hydrogen-bond donors (Lipinski definition) is 2. The maximum Gasteiger partial charge on any atom is 0.172 e. The summed E-state index contributed by atoms with van der Waals surface area (Å²) in [5, 5.41) is 15.2. The zero-order chi connectivity index (χ0) is 14.8. The van der Waals surface area contributed by atoms with Gasteiger partial charge in [0.25, 0.3) is 0 Å². The molecule has 0 aliphatic heterocycles. The first-order valence-electron chi connectivity index (χ1n) is 6.30. The topological polar surface area (TPSA) is 62.7 Å². The minimum Gasteiger partial charge on any atom is -0.359 e. The third-order valence-electron chi connectivity index (χ3n) is 3.15. The molecule has 1 aliphatic rings. The summed E-state index contributed by atoms with van der Waals surface area (Å²) in [5.74, 6) is 0.881. The highest BCUT2D eigenvalue weighted by molar-refractivity contribution is 9.10. The van der Waals surface area contributed by atoms with E-state index < -0.39 is 0 Å². The Bertz CT molecular complexity index is 683. The number of halogens is 2. The monoisotopic (exact) mass is 383 g/mol. The van der Waals surface area contributed by atoms with Crippen molar-refractivity contribution in [3.63, 3.8) is 0 Å². The molecular formula is C13H11BrClN5S. The maximum atomic E-state index is 6.15. The van der Waals surface area contributed by atoms with Gasteiger partial charge in [-0.1, -0.05) is 11.6 Å². The van der Waals surface area contributed by atoms with Gasteiger partial charge in [-0.3, -0.25) is 4.98 Å². The molecule has 0 spiro atoms. The van der Waals surface area contributed by atoms with Crippen LogP contribution in [0.25, 0.3) is 0 Å². The molecule has 8 heteroatoms. The van der Waals surface area contributed by atoms with Gasteiger partial charge in [-0.25, -0.2) is 0 Å². The smallest absolute Gasteiger partial charge is 0.172 e. The highest BCUT2D eigenvalue weighted by Gasteiger charge is 2.41. The van der Waals surface area contributed by atoms with Crippen LogP contribution in [0.3, 0.4) is 0 Å². The Morgan fingerprint density at radius 3 is 3.00 bits per heavy atom. The molecule has 2 unspecified atom stereocenters. The van der Waals surface area contributed by atoms with Crippen LogP contribution in [0.2, 0.25) is 5.02 Å². The number of nitrogens with one attached hydrogen (secondary N) is 2. The summed E-state index contributed by atoms with van der Waals surface area (Å²) < 4.78 is 0.807. The maximum absolute atomic E-state index is 6.15. The molecule has 2 aromatic rings. The van der Waals surface area contributed by atoms with Gasteiger partial charge in [-0.15, -0.1) is 5.10 Å². The van der Waals surface area contributed by atoms with Crippen molar-refractivity contribution < 1.29 is 0 Å². The molecule has 0 bridgehead atoms. The van der Waals surface area contributed by atoms with E-state index in [1.54, 1.807) is 18.5 Å². The van der Waals surface area contributed by atoms with Crippen LogP contribution < -0.4 is 10.6 Å². The Labute approximate surface area is 140 Å². The average Bonchev–Trinajstić information content (AvgIpc) is 3.21. The number of hydrogen-bond acceptors (Lipinski definition) is 4. The van der Waals surface area contributed by atoms with Crippen molar-refractivity contribution in [3.05, 3.63) is 45.8 Å². The second kappa shape index (κ2) is 6.21. The van der Waals surface area contributed by atoms with E-state index >= 15 is 0 Å². The second-order valence-electron chi connectivity index (χ2n) is 4.65. The number of thiocarbonyl (C=S) groups is 1. The summed E-state index contributed by atoms with van der Waals surface area (Å²) in [6.07, 6.45) is 4.32. The van der Waals surface area contributed by atoms with Crippen LogP contribution in [-0.2, 0) is 0 Å². The van der Waals surface area contributed by atoms with E-state index in [9.17, 15) is 0 Å². The number of pyridine rings is 1. The summed E-state index contributed by atoms with van der Waals surface area (Å²) in [7, 11) is 0. The van der Waals surface area contributed by atoms with E-state index in [1.165, 1.54) is 0 Å². The van der Waals surface area contributed by atoms with Gasteiger partial charge in [-0.2, -0.15) is 5.10 Å². The Morgan fingerprint density at radius 1 is 1.38 bits per heavy atom. The Balaban J connectivity index is 1.58. The molecule has 108 valence electrons. The van der Waals surface area contributed by atoms with Crippen molar-refractivity contribution in [2.75, 3.05) is 5.32 Å². The lowest BCUT2D eigenvalue weighted by Gasteiger charge is -2.10. The highest BCUT2D eigenvalue weighted by atomic mass is 79.9. The van der Waals surface area contributed by atoms with Crippen LogP contribution >= 0.6 is 39.7 Å². The van der Waals surface area contributed by atoms with Crippen LogP contribution in [0.1, 0.15) is 18.0 Å². The van der Waals surface area contributed by atoms with Gasteiger partial charge in [0, 0.05) is 18.2 Å². The Hall–Kier alpha value is -1.31.